The van der Waals surface area contributed by atoms with Crippen LogP contribution >= 0.6 is 0 Å². The van der Waals surface area contributed by atoms with Gasteiger partial charge in [0.2, 0.25) is 0 Å². The van der Waals surface area contributed by atoms with Crippen LogP contribution in [0.15, 0.2) is 73.0 Å². The Hall–Kier alpha value is -3.17. The SMILES string of the molecule is CS(=O)(=O)O[C@H]1C(OC(=O)c2ccccc2)C=CO[C@@H]1COC(=O)c1ccccc1. The Balaban J connectivity index is 1.73. The van der Waals surface area contributed by atoms with Crippen molar-refractivity contribution >= 4 is 22.1 Å². The summed E-state index contributed by atoms with van der Waals surface area (Å²) in [7, 11) is -3.93. The molecule has 0 bridgehead atoms. The highest BCUT2D eigenvalue weighted by Crippen LogP contribution is 2.22. The predicted octanol–water partition coefficient (Wildman–Crippen LogP) is 2.33. The summed E-state index contributed by atoms with van der Waals surface area (Å²) in [6, 6.07) is 16.5. The van der Waals surface area contributed by atoms with Crippen molar-refractivity contribution in [2.75, 3.05) is 12.9 Å². The summed E-state index contributed by atoms with van der Waals surface area (Å²) in [5.41, 5.74) is 0.624. The summed E-state index contributed by atoms with van der Waals surface area (Å²) in [5.74, 6) is -1.26. The molecule has 8 nitrogen and oxygen atoms in total. The highest BCUT2D eigenvalue weighted by atomic mass is 32.2. The van der Waals surface area contributed by atoms with Crippen LogP contribution in [0.5, 0.6) is 0 Å². The summed E-state index contributed by atoms with van der Waals surface area (Å²) >= 11 is 0. The van der Waals surface area contributed by atoms with E-state index in [1.165, 1.54) is 12.3 Å². The molecule has 1 unspecified atom stereocenters. The summed E-state index contributed by atoms with van der Waals surface area (Å²) < 4.78 is 44.7. The molecule has 0 amide bonds. The summed E-state index contributed by atoms with van der Waals surface area (Å²) in [6.07, 6.45) is 0.182. The second-order valence-corrected chi connectivity index (χ2v) is 8.07. The van der Waals surface area contributed by atoms with E-state index in [0.29, 0.717) is 11.1 Å². The predicted molar refractivity (Wildman–Crippen MR) is 106 cm³/mol. The van der Waals surface area contributed by atoms with Crippen molar-refractivity contribution in [3.8, 4) is 0 Å². The lowest BCUT2D eigenvalue weighted by molar-refractivity contribution is -0.0769. The highest BCUT2D eigenvalue weighted by Gasteiger charge is 2.39. The maximum absolute atomic E-state index is 12.4. The summed E-state index contributed by atoms with van der Waals surface area (Å²) in [6.45, 7) is -0.308. The van der Waals surface area contributed by atoms with Crippen molar-refractivity contribution in [3.05, 3.63) is 84.1 Å². The van der Waals surface area contributed by atoms with Gasteiger partial charge in [-0.1, -0.05) is 36.4 Å². The third kappa shape index (κ3) is 5.91. The zero-order valence-corrected chi connectivity index (χ0v) is 16.9. The van der Waals surface area contributed by atoms with E-state index in [1.54, 1.807) is 60.7 Å². The number of rotatable bonds is 7. The van der Waals surface area contributed by atoms with Crippen LogP contribution in [0, 0.1) is 0 Å². The highest BCUT2D eigenvalue weighted by molar-refractivity contribution is 7.86. The Bertz CT molecular complexity index is 1000. The largest absolute Gasteiger partial charge is 0.492 e. The van der Waals surface area contributed by atoms with Crippen molar-refractivity contribution in [3.63, 3.8) is 0 Å². The quantitative estimate of drug-likeness (QED) is 0.485. The van der Waals surface area contributed by atoms with E-state index < -0.39 is 40.4 Å². The standard InChI is InChI=1S/C21H20O8S/c1-30(24,25)29-19-17(28-21(23)16-10-6-3-7-11-16)12-13-26-18(19)14-27-20(22)15-8-4-2-5-9-15/h2-13,17-19H,14H2,1H3/t17?,18-,19+/m1/s1. The van der Waals surface area contributed by atoms with Gasteiger partial charge in [-0.15, -0.1) is 0 Å². The summed E-state index contributed by atoms with van der Waals surface area (Å²) in [4.78, 5) is 24.6. The first-order valence-electron chi connectivity index (χ1n) is 9.02. The van der Waals surface area contributed by atoms with E-state index in [0.717, 1.165) is 6.26 Å². The Morgan fingerprint density at radius 2 is 1.50 bits per heavy atom. The molecule has 1 aliphatic rings. The fourth-order valence-electron chi connectivity index (χ4n) is 2.76. The van der Waals surface area contributed by atoms with E-state index in [4.69, 9.17) is 18.4 Å². The smallest absolute Gasteiger partial charge is 0.338 e. The molecular weight excluding hydrogens is 412 g/mol. The van der Waals surface area contributed by atoms with Crippen LogP contribution in [-0.4, -0.2) is 51.5 Å². The molecule has 0 aromatic heterocycles. The maximum atomic E-state index is 12.4. The zero-order valence-electron chi connectivity index (χ0n) is 16.0. The van der Waals surface area contributed by atoms with Gasteiger partial charge in [0.05, 0.1) is 23.6 Å². The van der Waals surface area contributed by atoms with Crippen molar-refractivity contribution in [2.45, 2.75) is 18.3 Å². The van der Waals surface area contributed by atoms with Crippen LogP contribution in [0.4, 0.5) is 0 Å². The monoisotopic (exact) mass is 432 g/mol. The molecule has 30 heavy (non-hydrogen) atoms. The molecule has 9 heteroatoms. The maximum Gasteiger partial charge on any atom is 0.338 e. The molecule has 0 saturated heterocycles. The van der Waals surface area contributed by atoms with Gasteiger partial charge in [-0.05, 0) is 30.3 Å². The van der Waals surface area contributed by atoms with E-state index >= 15 is 0 Å². The van der Waals surface area contributed by atoms with Crippen molar-refractivity contribution in [2.24, 2.45) is 0 Å². The number of carbonyl (C=O) groups excluding carboxylic acids is 2. The molecule has 0 N–H and O–H groups in total. The van der Waals surface area contributed by atoms with Gasteiger partial charge in [0.25, 0.3) is 10.1 Å². The summed E-state index contributed by atoms with van der Waals surface area (Å²) in [5, 5.41) is 0. The molecule has 1 aliphatic heterocycles. The number of carbonyl (C=O) groups is 2. The zero-order chi connectivity index (χ0) is 21.6. The van der Waals surface area contributed by atoms with Gasteiger partial charge >= 0.3 is 11.9 Å². The van der Waals surface area contributed by atoms with Gasteiger partial charge in [0, 0.05) is 0 Å². The average molecular weight is 432 g/mol. The molecular formula is C21H20O8S. The Labute approximate surface area is 174 Å². The molecule has 2 aromatic carbocycles. The minimum Gasteiger partial charge on any atom is -0.492 e. The van der Waals surface area contributed by atoms with E-state index in [-0.39, 0.29) is 6.61 Å². The molecule has 0 aliphatic carbocycles. The topological polar surface area (TPSA) is 105 Å². The Kier molecular flexibility index (Phi) is 6.86. The lowest BCUT2D eigenvalue weighted by atomic mass is 10.1. The Morgan fingerprint density at radius 1 is 0.933 bits per heavy atom. The van der Waals surface area contributed by atoms with Crippen LogP contribution < -0.4 is 0 Å². The third-order valence-electron chi connectivity index (χ3n) is 4.14. The number of esters is 2. The van der Waals surface area contributed by atoms with Gasteiger partial charge < -0.3 is 14.2 Å². The molecule has 0 saturated carbocycles. The molecule has 3 atom stereocenters. The minimum absolute atomic E-state index is 0.294. The minimum atomic E-state index is -3.93. The van der Waals surface area contributed by atoms with E-state index in [9.17, 15) is 18.0 Å². The molecule has 2 aromatic rings. The van der Waals surface area contributed by atoms with Crippen molar-refractivity contribution in [1.29, 1.82) is 0 Å². The second-order valence-electron chi connectivity index (χ2n) is 6.47. The van der Waals surface area contributed by atoms with Crippen LogP contribution in [-0.2, 0) is 28.5 Å². The Morgan fingerprint density at radius 3 is 2.07 bits per heavy atom. The molecule has 0 radical (unpaired) electrons. The number of hydrogen-bond donors (Lipinski definition) is 0. The van der Waals surface area contributed by atoms with E-state index in [1.807, 2.05) is 0 Å². The molecule has 0 spiro atoms. The van der Waals surface area contributed by atoms with Gasteiger partial charge in [-0.25, -0.2) is 9.59 Å². The van der Waals surface area contributed by atoms with Gasteiger partial charge in [-0.3, -0.25) is 4.18 Å². The van der Waals surface area contributed by atoms with Crippen molar-refractivity contribution in [1.82, 2.24) is 0 Å². The number of hydrogen-bond acceptors (Lipinski definition) is 8. The second kappa shape index (κ2) is 9.55. The third-order valence-corrected chi connectivity index (χ3v) is 4.71. The molecule has 1 heterocycles. The molecule has 3 rings (SSSR count). The number of ether oxygens (including phenoxy) is 3. The van der Waals surface area contributed by atoms with Crippen LogP contribution in [0.3, 0.4) is 0 Å². The average Bonchev–Trinajstić information content (AvgIpc) is 2.74. The van der Waals surface area contributed by atoms with Crippen LogP contribution in [0.25, 0.3) is 0 Å². The lowest BCUT2D eigenvalue weighted by Gasteiger charge is -2.32. The molecule has 0 fully saturated rings. The molecule has 158 valence electrons. The first-order chi connectivity index (χ1) is 14.3. The van der Waals surface area contributed by atoms with Gasteiger partial charge in [0.1, 0.15) is 6.61 Å². The van der Waals surface area contributed by atoms with Gasteiger partial charge in [-0.2, -0.15) is 8.42 Å². The number of benzene rings is 2. The first kappa shape index (κ1) is 21.5. The van der Waals surface area contributed by atoms with Gasteiger partial charge in [0.15, 0.2) is 18.3 Å². The first-order valence-corrected chi connectivity index (χ1v) is 10.8. The van der Waals surface area contributed by atoms with Crippen molar-refractivity contribution < 1.29 is 36.4 Å². The fourth-order valence-corrected chi connectivity index (χ4v) is 3.40. The normalized spacial score (nSPS) is 20.8. The van der Waals surface area contributed by atoms with Crippen LogP contribution in [0.2, 0.25) is 0 Å². The van der Waals surface area contributed by atoms with E-state index in [2.05, 4.69) is 0 Å². The lowest BCUT2D eigenvalue weighted by Crippen LogP contribution is -2.47. The fraction of sp³-hybridized carbons (Fsp3) is 0.238. The van der Waals surface area contributed by atoms with Crippen LogP contribution in [0.1, 0.15) is 20.7 Å².